The van der Waals surface area contributed by atoms with Crippen LogP contribution in [0.3, 0.4) is 0 Å². The summed E-state index contributed by atoms with van der Waals surface area (Å²) >= 11 is 0. The fourth-order valence-corrected chi connectivity index (χ4v) is 3.34. The van der Waals surface area contributed by atoms with Gasteiger partial charge in [-0.25, -0.2) is 0 Å². The minimum absolute atomic E-state index is 0.00409. The number of rotatable bonds is 7. The van der Waals surface area contributed by atoms with Gasteiger partial charge in [0.1, 0.15) is 0 Å². The lowest BCUT2D eigenvalue weighted by atomic mass is 9.94. The summed E-state index contributed by atoms with van der Waals surface area (Å²) < 4.78 is 0. The van der Waals surface area contributed by atoms with Crippen LogP contribution in [0, 0.1) is 0 Å². The number of unbranched alkanes of at least 4 members (excludes halogenated alkanes) is 1. The van der Waals surface area contributed by atoms with Crippen molar-refractivity contribution in [3.05, 3.63) is 78.0 Å². The predicted molar refractivity (Wildman–Crippen MR) is 114 cm³/mol. The molecule has 138 valence electrons. The van der Waals surface area contributed by atoms with Gasteiger partial charge in [-0.15, -0.1) is 0 Å². The normalized spacial score (nSPS) is 11.9. The summed E-state index contributed by atoms with van der Waals surface area (Å²) in [6.45, 7) is 4.26. The topological polar surface area (TPSA) is 42.0 Å². The lowest BCUT2D eigenvalue weighted by molar-refractivity contribution is -0.115. The SMILES string of the molecule is CCCC/C(=C(/C)CC(=O)Nc1cccc2cccnc12)c1ccccc1. The van der Waals surface area contributed by atoms with Crippen LogP contribution in [0.15, 0.2) is 72.4 Å². The van der Waals surface area contributed by atoms with E-state index in [-0.39, 0.29) is 5.91 Å². The first-order valence-electron chi connectivity index (χ1n) is 9.56. The number of hydrogen-bond donors (Lipinski definition) is 1. The van der Waals surface area contributed by atoms with Crippen molar-refractivity contribution < 1.29 is 4.79 Å². The predicted octanol–water partition coefficient (Wildman–Crippen LogP) is 6.23. The molecule has 0 spiro atoms. The number of anilines is 1. The van der Waals surface area contributed by atoms with E-state index in [4.69, 9.17) is 0 Å². The Morgan fingerprint density at radius 2 is 1.78 bits per heavy atom. The number of benzene rings is 2. The first kappa shape index (κ1) is 18.8. The molecule has 0 saturated heterocycles. The number of para-hydroxylation sites is 1. The quantitative estimate of drug-likeness (QED) is 0.544. The van der Waals surface area contributed by atoms with Gasteiger partial charge in [-0.05, 0) is 43.0 Å². The summed E-state index contributed by atoms with van der Waals surface area (Å²) in [5.74, 6) is -0.00409. The van der Waals surface area contributed by atoms with Crippen LogP contribution in [0.2, 0.25) is 0 Å². The Hall–Kier alpha value is -2.94. The maximum Gasteiger partial charge on any atom is 0.228 e. The van der Waals surface area contributed by atoms with Gasteiger partial charge in [0, 0.05) is 18.0 Å². The van der Waals surface area contributed by atoms with E-state index in [1.54, 1.807) is 6.20 Å². The van der Waals surface area contributed by atoms with Crippen LogP contribution in [0.4, 0.5) is 5.69 Å². The van der Waals surface area contributed by atoms with Crippen molar-refractivity contribution in [2.45, 2.75) is 39.5 Å². The monoisotopic (exact) mass is 358 g/mol. The number of pyridine rings is 1. The summed E-state index contributed by atoms with van der Waals surface area (Å²) in [5.41, 5.74) is 5.21. The molecule has 0 saturated carbocycles. The Kier molecular flexibility index (Phi) is 6.37. The molecule has 0 bridgehead atoms. The molecule has 1 amide bonds. The summed E-state index contributed by atoms with van der Waals surface area (Å²) in [7, 11) is 0. The first-order valence-corrected chi connectivity index (χ1v) is 9.56. The smallest absolute Gasteiger partial charge is 0.228 e. The van der Waals surface area contributed by atoms with E-state index < -0.39 is 0 Å². The first-order chi connectivity index (χ1) is 13.2. The van der Waals surface area contributed by atoms with Gasteiger partial charge < -0.3 is 5.32 Å². The third-order valence-corrected chi connectivity index (χ3v) is 4.75. The van der Waals surface area contributed by atoms with Crippen molar-refractivity contribution in [3.63, 3.8) is 0 Å². The second-order valence-corrected chi connectivity index (χ2v) is 6.83. The van der Waals surface area contributed by atoms with Gasteiger partial charge in [-0.1, -0.05) is 67.4 Å². The molecular weight excluding hydrogens is 332 g/mol. The highest BCUT2D eigenvalue weighted by atomic mass is 16.1. The molecule has 0 aliphatic rings. The second-order valence-electron chi connectivity index (χ2n) is 6.83. The second kappa shape index (κ2) is 9.13. The van der Waals surface area contributed by atoms with Crippen molar-refractivity contribution >= 4 is 28.1 Å². The molecule has 3 nitrogen and oxygen atoms in total. The number of hydrogen-bond acceptors (Lipinski definition) is 2. The molecule has 0 aliphatic carbocycles. The van der Waals surface area contributed by atoms with Crippen LogP contribution in [-0.4, -0.2) is 10.9 Å². The van der Waals surface area contributed by atoms with Crippen LogP contribution >= 0.6 is 0 Å². The fourth-order valence-electron chi connectivity index (χ4n) is 3.34. The zero-order valence-corrected chi connectivity index (χ0v) is 16.0. The van der Waals surface area contributed by atoms with Gasteiger partial charge >= 0.3 is 0 Å². The summed E-state index contributed by atoms with van der Waals surface area (Å²) in [6, 6.07) is 20.1. The van der Waals surface area contributed by atoms with Crippen molar-refractivity contribution in [2.75, 3.05) is 5.32 Å². The molecule has 0 unspecified atom stereocenters. The molecule has 0 radical (unpaired) electrons. The molecule has 3 rings (SSSR count). The molecule has 0 aliphatic heterocycles. The van der Waals surface area contributed by atoms with Crippen LogP contribution < -0.4 is 5.32 Å². The van der Waals surface area contributed by atoms with Gasteiger partial charge in [0.25, 0.3) is 0 Å². The molecular formula is C24H26N2O. The number of carbonyl (C=O) groups is 1. The molecule has 0 atom stereocenters. The maximum atomic E-state index is 12.7. The number of amides is 1. The third-order valence-electron chi connectivity index (χ3n) is 4.75. The lowest BCUT2D eigenvalue weighted by Gasteiger charge is -2.14. The number of carbonyl (C=O) groups excluding carboxylic acids is 1. The van der Waals surface area contributed by atoms with Crippen molar-refractivity contribution in [1.29, 1.82) is 0 Å². The summed E-state index contributed by atoms with van der Waals surface area (Å²) in [5, 5.41) is 4.07. The van der Waals surface area contributed by atoms with Crippen LogP contribution in [0.5, 0.6) is 0 Å². The van der Waals surface area contributed by atoms with E-state index in [0.717, 1.165) is 41.4 Å². The molecule has 1 heterocycles. The van der Waals surface area contributed by atoms with Gasteiger partial charge in [0.2, 0.25) is 5.91 Å². The van der Waals surface area contributed by atoms with E-state index in [2.05, 4.69) is 48.4 Å². The Labute approximate surface area is 161 Å². The zero-order chi connectivity index (χ0) is 19.1. The van der Waals surface area contributed by atoms with E-state index >= 15 is 0 Å². The number of allylic oxidation sites excluding steroid dienone is 1. The molecule has 1 aromatic heterocycles. The van der Waals surface area contributed by atoms with Gasteiger partial charge in [0.05, 0.1) is 11.2 Å². The molecule has 1 N–H and O–H groups in total. The fraction of sp³-hybridized carbons (Fsp3) is 0.250. The van der Waals surface area contributed by atoms with Gasteiger partial charge in [-0.3, -0.25) is 9.78 Å². The summed E-state index contributed by atoms with van der Waals surface area (Å²) in [4.78, 5) is 17.1. The largest absolute Gasteiger partial charge is 0.324 e. The van der Waals surface area contributed by atoms with Crippen LogP contribution in [-0.2, 0) is 4.79 Å². The van der Waals surface area contributed by atoms with Gasteiger partial charge in [0.15, 0.2) is 0 Å². The highest BCUT2D eigenvalue weighted by molar-refractivity contribution is 6.01. The maximum absolute atomic E-state index is 12.7. The minimum Gasteiger partial charge on any atom is -0.324 e. The number of nitrogens with one attached hydrogen (secondary N) is 1. The Balaban J connectivity index is 1.81. The number of aromatic nitrogens is 1. The highest BCUT2D eigenvalue weighted by Crippen LogP contribution is 2.27. The highest BCUT2D eigenvalue weighted by Gasteiger charge is 2.11. The number of nitrogens with zero attached hydrogens (tertiary/aromatic N) is 1. The van der Waals surface area contributed by atoms with E-state index in [0.29, 0.717) is 6.42 Å². The van der Waals surface area contributed by atoms with Crippen molar-refractivity contribution in [3.8, 4) is 0 Å². The Bertz CT molecular complexity index is 940. The van der Waals surface area contributed by atoms with Crippen molar-refractivity contribution in [2.24, 2.45) is 0 Å². The van der Waals surface area contributed by atoms with Crippen LogP contribution in [0.1, 0.15) is 45.1 Å². The average molecular weight is 358 g/mol. The Morgan fingerprint density at radius 1 is 1.00 bits per heavy atom. The molecule has 27 heavy (non-hydrogen) atoms. The third kappa shape index (κ3) is 4.82. The summed E-state index contributed by atoms with van der Waals surface area (Å²) in [6.07, 6.45) is 5.39. The molecule has 3 aromatic rings. The standard InChI is InChI=1S/C24H26N2O/c1-3-4-14-21(19-10-6-5-7-11-19)18(2)17-23(27)26-22-15-8-12-20-13-9-16-25-24(20)22/h5-13,15-16H,3-4,14,17H2,1-2H3,(H,26,27)/b21-18+. The van der Waals surface area contributed by atoms with E-state index in [9.17, 15) is 4.79 Å². The van der Waals surface area contributed by atoms with Crippen LogP contribution in [0.25, 0.3) is 16.5 Å². The van der Waals surface area contributed by atoms with Gasteiger partial charge in [-0.2, -0.15) is 0 Å². The zero-order valence-electron chi connectivity index (χ0n) is 16.0. The molecule has 3 heteroatoms. The molecule has 2 aromatic carbocycles. The molecule has 0 fully saturated rings. The number of fused-ring (bicyclic) bond motifs is 1. The van der Waals surface area contributed by atoms with Crippen molar-refractivity contribution in [1.82, 2.24) is 4.98 Å². The van der Waals surface area contributed by atoms with E-state index in [1.807, 2.05) is 36.4 Å². The Morgan fingerprint density at radius 3 is 2.56 bits per heavy atom. The minimum atomic E-state index is -0.00409. The average Bonchev–Trinajstić information content (AvgIpc) is 2.69. The lowest BCUT2D eigenvalue weighted by Crippen LogP contribution is -2.12. The van der Waals surface area contributed by atoms with E-state index in [1.165, 1.54) is 11.1 Å².